The van der Waals surface area contributed by atoms with Crippen LogP contribution in [0.5, 0.6) is 0 Å². The zero-order valence-electron chi connectivity index (χ0n) is 53.9. The summed E-state index contributed by atoms with van der Waals surface area (Å²) in [6.07, 6.45) is 17.6. The Morgan fingerprint density at radius 2 is 0.344 bits per heavy atom. The smallest absolute Gasteiger partial charge is 0.0737 e. The first kappa shape index (κ1) is 58.8. The number of benzene rings is 7. The fraction of sp³-hybridized carbons (Fsp3) is 0.0682. The van der Waals surface area contributed by atoms with Gasteiger partial charge in [-0.2, -0.15) is 0 Å². The molecule has 8 heteroatoms. The molecule has 17 rings (SSSR count). The molecule has 5 nitrogen and oxygen atoms in total. The highest BCUT2D eigenvalue weighted by atomic mass is 32.1. The summed E-state index contributed by atoms with van der Waals surface area (Å²) < 4.78 is 6.76. The van der Waals surface area contributed by atoms with Gasteiger partial charge in [-0.25, -0.2) is 19.9 Å². The van der Waals surface area contributed by atoms with Gasteiger partial charge in [0.25, 0.3) is 0 Å². The second-order valence-corrected chi connectivity index (χ2v) is 28.7. The third-order valence-electron chi connectivity index (χ3n) is 18.6. The molecule has 0 fully saturated rings. The van der Waals surface area contributed by atoms with E-state index in [1.54, 1.807) is 34.0 Å². The van der Waals surface area contributed by atoms with E-state index in [0.29, 0.717) is 0 Å². The third-order valence-corrected chi connectivity index (χ3v) is 22.0. The van der Waals surface area contributed by atoms with Crippen LogP contribution in [0.4, 0.5) is 0 Å². The largest absolute Gasteiger partial charge is 0.354 e. The number of aromatic amines is 1. The van der Waals surface area contributed by atoms with Crippen LogP contribution in [0.1, 0.15) is 78.9 Å². The molecular formula is C88H63N5S3. The molecule has 16 bridgehead atoms. The van der Waals surface area contributed by atoms with Gasteiger partial charge in [-0.1, -0.05) is 203 Å². The summed E-state index contributed by atoms with van der Waals surface area (Å²) in [5.41, 5.74) is 33.7. The summed E-state index contributed by atoms with van der Waals surface area (Å²) in [5.74, 6) is 0. The van der Waals surface area contributed by atoms with Gasteiger partial charge in [0.15, 0.2) is 0 Å². The topological polar surface area (TPSA) is 67.3 Å². The van der Waals surface area contributed by atoms with Crippen LogP contribution in [0, 0.1) is 41.5 Å². The molecule has 7 aromatic carbocycles. The second kappa shape index (κ2) is 24.1. The molecule has 0 amide bonds. The van der Waals surface area contributed by atoms with Crippen molar-refractivity contribution in [3.8, 4) is 89.0 Å². The van der Waals surface area contributed by atoms with E-state index < -0.39 is 0 Å². The quantitative estimate of drug-likeness (QED) is 0.165. The highest BCUT2D eigenvalue weighted by Crippen LogP contribution is 2.46. The number of H-pyrrole nitrogens is 1. The van der Waals surface area contributed by atoms with E-state index in [4.69, 9.17) is 19.9 Å². The lowest BCUT2D eigenvalue weighted by atomic mass is 9.98. The minimum atomic E-state index is 0.864. The normalized spacial score (nSPS) is 12.3. The highest BCUT2D eigenvalue weighted by Gasteiger charge is 2.23. The first-order valence-corrected chi connectivity index (χ1v) is 35.0. The summed E-state index contributed by atoms with van der Waals surface area (Å²) in [6.45, 7) is 12.9. The maximum atomic E-state index is 5.74. The molecule has 13 aromatic rings. The van der Waals surface area contributed by atoms with Crippen molar-refractivity contribution in [3.63, 3.8) is 0 Å². The van der Waals surface area contributed by atoms with Crippen molar-refractivity contribution in [2.75, 3.05) is 0 Å². The molecule has 1 N–H and O–H groups in total. The Kier molecular flexibility index (Phi) is 14.8. The Bertz CT molecular complexity index is 5370. The van der Waals surface area contributed by atoms with Crippen LogP contribution in [-0.4, -0.2) is 24.9 Å². The van der Waals surface area contributed by atoms with Crippen molar-refractivity contribution in [2.24, 2.45) is 0 Å². The van der Waals surface area contributed by atoms with Crippen molar-refractivity contribution < 1.29 is 0 Å². The Morgan fingerprint density at radius 3 is 0.531 bits per heavy atom. The number of fused-ring (bicyclic) bond motifs is 16. The third kappa shape index (κ3) is 10.8. The number of aromatic nitrogens is 5. The number of aryl methyl sites for hydroxylation is 6. The van der Waals surface area contributed by atoms with Gasteiger partial charge in [0.2, 0.25) is 0 Å². The van der Waals surface area contributed by atoms with Gasteiger partial charge >= 0.3 is 0 Å². The van der Waals surface area contributed by atoms with Crippen LogP contribution in [0.15, 0.2) is 218 Å². The number of thiophene rings is 3. The zero-order chi connectivity index (χ0) is 64.7. The predicted molar refractivity (Wildman–Crippen MR) is 414 cm³/mol. The van der Waals surface area contributed by atoms with E-state index >= 15 is 0 Å². The molecule has 458 valence electrons. The molecule has 0 unspecified atom stereocenters. The Hall–Kier alpha value is -11.0. The van der Waals surface area contributed by atoms with Crippen LogP contribution in [0.2, 0.25) is 0 Å². The standard InChI is InChI=1S/C88H63N5S3/c1-51-7-19-57(20-8-51)81-65-35-36-66(89-65)82(68-38-40-70(91-68)84(60-23-11-53(3)12-24-60)76-46-45-75(94-76)83(69-39-37-67(81)90-69)59-21-9-52(2)10-22-59)58-31-33-64(34-32-58)88-74-44-43-73(93-74)87(63-29-17-56(6)18-30-63)78-48-47-77(95-78)85(61-25-13-54(4)14-26-61)71-41-42-72(92-71)86(79-49-50-80(88)96-79)62-27-15-55(5)16-28-62/h7-50,89H,1-6H3. The average molecular weight is 1290 g/mol. The van der Waals surface area contributed by atoms with Crippen molar-refractivity contribution in [3.05, 3.63) is 297 Å². The van der Waals surface area contributed by atoms with Gasteiger partial charge in [0, 0.05) is 83.7 Å². The van der Waals surface area contributed by atoms with Crippen molar-refractivity contribution in [1.29, 1.82) is 0 Å². The molecule has 4 aliphatic rings. The van der Waals surface area contributed by atoms with Crippen molar-refractivity contribution in [2.45, 2.75) is 41.5 Å². The van der Waals surface area contributed by atoms with Crippen LogP contribution in [-0.2, 0) is 0 Å². The number of hydrogen-bond donors (Lipinski definition) is 1. The number of hydrogen-bond acceptors (Lipinski definition) is 7. The Balaban J connectivity index is 0.924. The van der Waals surface area contributed by atoms with Crippen LogP contribution >= 0.6 is 34.0 Å². The average Bonchev–Trinajstić information content (AvgIpc) is 1.64. The van der Waals surface area contributed by atoms with Gasteiger partial charge in [-0.3, -0.25) is 0 Å². The summed E-state index contributed by atoms with van der Waals surface area (Å²) in [5, 5.41) is 0. The summed E-state index contributed by atoms with van der Waals surface area (Å²) >= 11 is 5.37. The summed E-state index contributed by atoms with van der Waals surface area (Å²) in [6, 6.07) is 80.3. The lowest BCUT2D eigenvalue weighted by Gasteiger charge is -2.09. The molecule has 0 aliphatic carbocycles. The van der Waals surface area contributed by atoms with Gasteiger partial charge in [-0.05, 0) is 183 Å². The van der Waals surface area contributed by atoms with E-state index in [2.05, 4.69) is 314 Å². The molecule has 0 saturated carbocycles. The minimum Gasteiger partial charge on any atom is -0.354 e. The van der Waals surface area contributed by atoms with Crippen molar-refractivity contribution in [1.82, 2.24) is 24.9 Å². The van der Waals surface area contributed by atoms with E-state index in [1.807, 2.05) is 0 Å². The molecular weight excluding hydrogens is 1220 g/mol. The van der Waals surface area contributed by atoms with Gasteiger partial charge < -0.3 is 4.98 Å². The molecule has 0 radical (unpaired) electrons. The molecule has 0 spiro atoms. The number of nitrogens with one attached hydrogen (secondary N) is 1. The second-order valence-electron chi connectivity index (χ2n) is 25.4. The van der Waals surface area contributed by atoms with Crippen LogP contribution < -0.4 is 0 Å². The fourth-order valence-corrected chi connectivity index (χ4v) is 17.0. The van der Waals surface area contributed by atoms with E-state index in [9.17, 15) is 0 Å². The molecule has 96 heavy (non-hydrogen) atoms. The predicted octanol–water partition coefficient (Wildman–Crippen LogP) is 25.0. The van der Waals surface area contributed by atoms with Gasteiger partial charge in [0.05, 0.1) is 45.6 Å². The number of rotatable bonds is 8. The lowest BCUT2D eigenvalue weighted by molar-refractivity contribution is 1.32. The van der Waals surface area contributed by atoms with Crippen LogP contribution in [0.3, 0.4) is 0 Å². The fourth-order valence-electron chi connectivity index (χ4n) is 13.6. The molecule has 0 saturated heterocycles. The molecule has 6 aromatic heterocycles. The van der Waals surface area contributed by atoms with E-state index in [-0.39, 0.29) is 0 Å². The van der Waals surface area contributed by atoms with Crippen molar-refractivity contribution >= 4 is 122 Å². The van der Waals surface area contributed by atoms with Crippen LogP contribution in [0.25, 0.3) is 177 Å². The molecule has 4 aliphatic heterocycles. The SMILES string of the molecule is Cc1ccc(-c2c3nc(c(-c4ccc(C)cc4)c4ccc(s4)c(-c4ccc(C)cc4)c4nc(c(-c5ccc(-c6c7nc(c(-c8ccc(C)cc8)c8ccc(s8)c(-c8ccc(C)cc8)c8nc(c(-c9ccc(C)cc9)c9ccc6s9)C=C8)C=C7)cc5)c5ccc2[nH]5)C=C4)C=C3)cc1. The maximum absolute atomic E-state index is 5.74. The summed E-state index contributed by atoms with van der Waals surface area (Å²) in [7, 11) is 0. The van der Waals surface area contributed by atoms with Gasteiger partial charge in [-0.15, -0.1) is 34.0 Å². The maximum Gasteiger partial charge on any atom is 0.0737 e. The number of nitrogens with zero attached hydrogens (tertiary/aromatic N) is 4. The summed E-state index contributed by atoms with van der Waals surface area (Å²) in [4.78, 5) is 26.7. The molecule has 0 atom stereocenters. The highest BCUT2D eigenvalue weighted by molar-refractivity contribution is 7.25. The van der Waals surface area contributed by atoms with E-state index in [0.717, 1.165) is 174 Å². The molecule has 10 heterocycles. The Morgan fingerprint density at radius 1 is 0.188 bits per heavy atom. The zero-order valence-corrected chi connectivity index (χ0v) is 56.4. The monoisotopic (exact) mass is 1290 g/mol. The first-order valence-electron chi connectivity index (χ1n) is 32.5. The van der Waals surface area contributed by atoms with Gasteiger partial charge in [0.1, 0.15) is 0 Å². The lowest BCUT2D eigenvalue weighted by Crippen LogP contribution is -1.89. The first-order chi connectivity index (χ1) is 47.0. The Labute approximate surface area is 570 Å². The van der Waals surface area contributed by atoms with E-state index in [1.165, 1.54) is 33.4 Å². The minimum absolute atomic E-state index is 0.864.